The molecule has 0 aliphatic rings. The van der Waals surface area contributed by atoms with Crippen LogP contribution in [0.25, 0.3) is 0 Å². The maximum atomic E-state index is 12.1. The van der Waals surface area contributed by atoms with E-state index in [2.05, 4.69) is 0 Å². The third-order valence-electron chi connectivity index (χ3n) is 2.46. The molecule has 1 amide bonds. The summed E-state index contributed by atoms with van der Waals surface area (Å²) in [6, 6.07) is 9.24. The van der Waals surface area contributed by atoms with E-state index in [1.165, 1.54) is 6.92 Å². The van der Waals surface area contributed by atoms with Gasteiger partial charge < -0.3 is 14.7 Å². The Balaban J connectivity index is 2.63. The molecule has 20 heavy (non-hydrogen) atoms. The summed E-state index contributed by atoms with van der Waals surface area (Å²) in [4.78, 5) is 24.5. The van der Waals surface area contributed by atoms with E-state index in [0.717, 1.165) is 5.69 Å². The van der Waals surface area contributed by atoms with Crippen molar-refractivity contribution in [1.29, 1.82) is 0 Å². The number of benzene rings is 1. The number of esters is 1. The Morgan fingerprint density at radius 3 is 2.55 bits per heavy atom. The van der Waals surface area contributed by atoms with Gasteiger partial charge in [0.1, 0.15) is 0 Å². The molecule has 5 nitrogen and oxygen atoms in total. The highest BCUT2D eigenvalue weighted by Gasteiger charge is 2.16. The van der Waals surface area contributed by atoms with E-state index in [-0.39, 0.29) is 19.1 Å². The molecule has 1 aromatic rings. The van der Waals surface area contributed by atoms with Crippen LogP contribution in [0.1, 0.15) is 6.92 Å². The highest BCUT2D eigenvalue weighted by atomic mass is 32.2. The van der Waals surface area contributed by atoms with Gasteiger partial charge in [-0.2, -0.15) is 11.8 Å². The minimum Gasteiger partial charge on any atom is -0.456 e. The van der Waals surface area contributed by atoms with Gasteiger partial charge in [0, 0.05) is 30.7 Å². The molecule has 0 aliphatic heterocycles. The number of rotatable bonds is 8. The summed E-state index contributed by atoms with van der Waals surface area (Å²) in [6.07, 6.45) is 0. The van der Waals surface area contributed by atoms with Crippen LogP contribution in [0.2, 0.25) is 0 Å². The second-order valence-electron chi connectivity index (χ2n) is 4.00. The number of para-hydroxylation sites is 1. The predicted molar refractivity (Wildman–Crippen MR) is 79.8 cm³/mol. The lowest BCUT2D eigenvalue weighted by atomic mass is 10.3. The molecule has 0 heterocycles. The van der Waals surface area contributed by atoms with Crippen molar-refractivity contribution in [3.8, 4) is 0 Å². The van der Waals surface area contributed by atoms with Crippen molar-refractivity contribution in [1.82, 2.24) is 0 Å². The van der Waals surface area contributed by atoms with Crippen LogP contribution in [0.5, 0.6) is 0 Å². The number of hydrogen-bond donors (Lipinski definition) is 1. The van der Waals surface area contributed by atoms with Gasteiger partial charge in [0.05, 0.1) is 6.61 Å². The van der Waals surface area contributed by atoms with Crippen LogP contribution in [0.3, 0.4) is 0 Å². The molecule has 0 unspecified atom stereocenters. The molecule has 1 aromatic carbocycles. The Hall–Kier alpha value is -1.53. The Labute approximate surface area is 122 Å². The van der Waals surface area contributed by atoms with Crippen LogP contribution in [-0.2, 0) is 14.3 Å². The van der Waals surface area contributed by atoms with E-state index in [9.17, 15) is 9.59 Å². The highest BCUT2D eigenvalue weighted by Crippen LogP contribution is 2.14. The third kappa shape index (κ3) is 6.08. The fraction of sp³-hybridized carbons (Fsp3) is 0.429. The van der Waals surface area contributed by atoms with Crippen LogP contribution >= 0.6 is 11.8 Å². The van der Waals surface area contributed by atoms with Crippen LogP contribution in [-0.4, -0.2) is 48.2 Å². The van der Waals surface area contributed by atoms with E-state index in [0.29, 0.717) is 18.1 Å². The lowest BCUT2D eigenvalue weighted by Crippen LogP contribution is -2.36. The van der Waals surface area contributed by atoms with E-state index >= 15 is 0 Å². The molecule has 0 spiro atoms. The lowest BCUT2D eigenvalue weighted by molar-refractivity contribution is -0.145. The molecular weight excluding hydrogens is 278 g/mol. The summed E-state index contributed by atoms with van der Waals surface area (Å²) >= 11 is 1.57. The predicted octanol–water partition coefficient (Wildman–Crippen LogP) is 1.31. The first kappa shape index (κ1) is 16.5. The Bertz CT molecular complexity index is 424. The van der Waals surface area contributed by atoms with Gasteiger partial charge in [-0.25, -0.2) is 0 Å². The zero-order valence-corrected chi connectivity index (χ0v) is 12.3. The number of nitrogens with zero attached hydrogens (tertiary/aromatic N) is 1. The quantitative estimate of drug-likeness (QED) is 0.579. The van der Waals surface area contributed by atoms with Crippen LogP contribution in [0, 0.1) is 0 Å². The average molecular weight is 297 g/mol. The smallest absolute Gasteiger partial charge is 0.303 e. The second kappa shape index (κ2) is 9.39. The number of amides is 1. The summed E-state index contributed by atoms with van der Waals surface area (Å²) < 4.78 is 4.76. The molecular formula is C14H19NO4S. The van der Waals surface area contributed by atoms with E-state index in [4.69, 9.17) is 9.84 Å². The number of carbonyl (C=O) groups excluding carboxylic acids is 2. The maximum Gasteiger partial charge on any atom is 0.303 e. The van der Waals surface area contributed by atoms with Crippen molar-refractivity contribution in [3.63, 3.8) is 0 Å². The van der Waals surface area contributed by atoms with Crippen molar-refractivity contribution in [2.75, 3.05) is 36.2 Å². The number of carbonyl (C=O) groups is 2. The Morgan fingerprint density at radius 1 is 1.25 bits per heavy atom. The topological polar surface area (TPSA) is 66.8 Å². The molecule has 0 saturated carbocycles. The van der Waals surface area contributed by atoms with Crippen molar-refractivity contribution in [2.45, 2.75) is 6.92 Å². The normalized spacial score (nSPS) is 10.1. The van der Waals surface area contributed by atoms with E-state index in [1.807, 2.05) is 30.3 Å². The fourth-order valence-electron chi connectivity index (χ4n) is 1.57. The summed E-state index contributed by atoms with van der Waals surface area (Å²) in [5.41, 5.74) is 0.772. The summed E-state index contributed by atoms with van der Waals surface area (Å²) in [5, 5.41) is 8.74. The molecule has 0 radical (unpaired) electrons. The highest BCUT2D eigenvalue weighted by molar-refractivity contribution is 7.99. The zero-order valence-electron chi connectivity index (χ0n) is 11.4. The minimum atomic E-state index is -0.471. The van der Waals surface area contributed by atoms with Gasteiger partial charge in [-0.05, 0) is 12.1 Å². The molecule has 0 saturated heterocycles. The van der Waals surface area contributed by atoms with Gasteiger partial charge in [-0.1, -0.05) is 18.2 Å². The summed E-state index contributed by atoms with van der Waals surface area (Å²) in [6.45, 7) is 1.65. The number of ether oxygens (including phenoxy) is 1. The molecule has 6 heteroatoms. The van der Waals surface area contributed by atoms with E-state index < -0.39 is 5.97 Å². The molecule has 0 aliphatic carbocycles. The van der Waals surface area contributed by atoms with Crippen LogP contribution in [0.15, 0.2) is 30.3 Å². The molecule has 0 atom stereocenters. The summed E-state index contributed by atoms with van der Waals surface area (Å²) in [5.74, 6) is 0.624. The van der Waals surface area contributed by atoms with Crippen molar-refractivity contribution in [3.05, 3.63) is 30.3 Å². The van der Waals surface area contributed by atoms with Crippen LogP contribution in [0.4, 0.5) is 5.69 Å². The number of thioether (sulfide) groups is 1. The number of aliphatic hydroxyl groups is 1. The van der Waals surface area contributed by atoms with Gasteiger partial charge >= 0.3 is 5.97 Å². The van der Waals surface area contributed by atoms with Crippen molar-refractivity contribution in [2.24, 2.45) is 0 Å². The third-order valence-corrected chi connectivity index (χ3v) is 3.41. The first-order valence-corrected chi connectivity index (χ1v) is 7.48. The van der Waals surface area contributed by atoms with Gasteiger partial charge in [0.15, 0.2) is 6.61 Å². The monoisotopic (exact) mass is 297 g/mol. The number of aliphatic hydroxyl groups excluding tert-OH is 1. The minimum absolute atomic E-state index is 0.122. The number of anilines is 1. The van der Waals surface area contributed by atoms with Crippen molar-refractivity contribution >= 4 is 29.3 Å². The number of hydrogen-bond acceptors (Lipinski definition) is 5. The molecule has 0 fully saturated rings. The zero-order chi connectivity index (χ0) is 14.8. The maximum absolute atomic E-state index is 12.1. The van der Waals surface area contributed by atoms with Gasteiger partial charge in [0.25, 0.3) is 5.91 Å². The Kier molecular flexibility index (Phi) is 7.75. The fourth-order valence-corrected chi connectivity index (χ4v) is 2.21. The van der Waals surface area contributed by atoms with Crippen LogP contribution < -0.4 is 4.90 Å². The second-order valence-corrected chi connectivity index (χ2v) is 5.22. The lowest BCUT2D eigenvalue weighted by Gasteiger charge is -2.22. The van der Waals surface area contributed by atoms with Gasteiger partial charge in [0.2, 0.25) is 0 Å². The van der Waals surface area contributed by atoms with Gasteiger partial charge in [-0.3, -0.25) is 9.59 Å². The van der Waals surface area contributed by atoms with E-state index in [1.54, 1.807) is 16.7 Å². The molecule has 0 aromatic heterocycles. The van der Waals surface area contributed by atoms with Crippen molar-refractivity contribution < 1.29 is 19.4 Å². The summed E-state index contributed by atoms with van der Waals surface area (Å²) in [7, 11) is 0. The average Bonchev–Trinajstić information content (AvgIpc) is 2.46. The van der Waals surface area contributed by atoms with Gasteiger partial charge in [-0.15, -0.1) is 0 Å². The first-order chi connectivity index (χ1) is 9.65. The molecule has 1 rings (SSSR count). The largest absolute Gasteiger partial charge is 0.456 e. The SMILES string of the molecule is CC(=O)OCC(=O)N(CCSCCO)c1ccccc1. The standard InChI is InChI=1S/C14H19NO4S/c1-12(17)19-11-14(18)15(7-9-20-10-8-16)13-5-3-2-4-6-13/h2-6,16H,7-11H2,1H3. The Morgan fingerprint density at radius 2 is 1.95 bits per heavy atom. The molecule has 0 bridgehead atoms. The first-order valence-electron chi connectivity index (χ1n) is 6.32. The molecule has 110 valence electrons. The molecule has 1 N–H and O–H groups in total.